The van der Waals surface area contributed by atoms with Crippen LogP contribution in [0.3, 0.4) is 0 Å². The van der Waals surface area contributed by atoms with Crippen LogP contribution in [0.5, 0.6) is 5.75 Å². The monoisotopic (exact) mass is 572 g/mol. The molecule has 3 aliphatic rings. The van der Waals surface area contributed by atoms with Crippen molar-refractivity contribution in [3.63, 3.8) is 0 Å². The Bertz CT molecular complexity index is 1300. The zero-order valence-corrected chi connectivity index (χ0v) is 23.2. The van der Waals surface area contributed by atoms with Crippen molar-refractivity contribution < 1.29 is 41.7 Å². The molecular formula is C32H35F3O6. The van der Waals surface area contributed by atoms with E-state index in [-0.39, 0.29) is 53.5 Å². The van der Waals surface area contributed by atoms with E-state index in [1.165, 1.54) is 18.2 Å². The first kappa shape index (κ1) is 29.3. The van der Waals surface area contributed by atoms with Crippen LogP contribution < -0.4 is 4.74 Å². The third-order valence-corrected chi connectivity index (χ3v) is 8.36. The molecule has 1 saturated heterocycles. The number of fused-ring (bicyclic) bond motifs is 2. The lowest BCUT2D eigenvalue weighted by molar-refractivity contribution is -0.193. The number of benzene rings is 2. The maximum atomic E-state index is 15.5. The number of hydrogen-bond acceptors (Lipinski definition) is 6. The summed E-state index contributed by atoms with van der Waals surface area (Å²) in [4.78, 5) is 25.4. The molecule has 2 aromatic rings. The molecule has 2 aliphatic heterocycles. The van der Waals surface area contributed by atoms with Gasteiger partial charge in [-0.2, -0.15) is 0 Å². The molecule has 0 bridgehead atoms. The van der Waals surface area contributed by atoms with Crippen LogP contribution in [0, 0.1) is 29.3 Å². The number of hydrogen-bond donors (Lipinski definition) is 0. The Kier molecular flexibility index (Phi) is 9.14. The largest absolute Gasteiger partial charge is 0.487 e. The number of rotatable bonds is 8. The lowest BCUT2D eigenvalue weighted by Crippen LogP contribution is -2.31. The minimum Gasteiger partial charge on any atom is -0.487 e. The number of halogens is 3. The van der Waals surface area contributed by atoms with Crippen molar-refractivity contribution in [2.24, 2.45) is 11.8 Å². The van der Waals surface area contributed by atoms with Crippen LogP contribution in [0.1, 0.15) is 73.4 Å². The normalized spacial score (nSPS) is 26.5. The molecule has 2 aromatic carbocycles. The molecule has 0 radical (unpaired) electrons. The van der Waals surface area contributed by atoms with Crippen LogP contribution in [-0.2, 0) is 25.4 Å². The van der Waals surface area contributed by atoms with Gasteiger partial charge in [0, 0.05) is 36.8 Å². The molecule has 5 rings (SSSR count). The summed E-state index contributed by atoms with van der Waals surface area (Å²) in [7, 11) is 0. The number of ether oxygens (including phenoxy) is 4. The molecule has 1 unspecified atom stereocenters. The Morgan fingerprint density at radius 2 is 1.95 bits per heavy atom. The molecule has 2 heterocycles. The third-order valence-electron chi connectivity index (χ3n) is 8.36. The molecule has 6 nitrogen and oxygen atoms in total. The quantitative estimate of drug-likeness (QED) is 0.268. The number of ketones is 1. The number of aryl methyl sites for hydroxylation is 1. The first-order chi connectivity index (χ1) is 19.8. The summed E-state index contributed by atoms with van der Waals surface area (Å²) in [6, 6.07) is 6.31. The van der Waals surface area contributed by atoms with E-state index in [1.807, 2.05) is 0 Å². The Morgan fingerprint density at radius 1 is 1.12 bits per heavy atom. The van der Waals surface area contributed by atoms with Gasteiger partial charge in [0.2, 0.25) is 0 Å². The summed E-state index contributed by atoms with van der Waals surface area (Å²) in [6.07, 6.45) is 6.38. The minimum atomic E-state index is -0.810. The fourth-order valence-electron chi connectivity index (χ4n) is 6.14. The smallest absolute Gasteiger partial charge is 0.341 e. The molecule has 1 saturated carbocycles. The SMILES string of the molecule is CCOC(=O)c1ccc2c(c1F)O[C@H]1C[C@@H](OC3CCCCO3)[C@H](/C=C/C(=O)[C@H](C)c3ccc(F)cc3F)[C@H]1CC2. The van der Waals surface area contributed by atoms with Crippen molar-refractivity contribution in [2.75, 3.05) is 13.2 Å². The lowest BCUT2D eigenvalue weighted by Gasteiger charge is -2.29. The van der Waals surface area contributed by atoms with Gasteiger partial charge in [0.1, 0.15) is 17.7 Å². The van der Waals surface area contributed by atoms with Crippen molar-refractivity contribution >= 4 is 11.8 Å². The standard InChI is InChI=1S/C32H35F3O6/c1-3-38-32(37)24-11-8-19-7-10-22-23(13-14-26(36)18(2)21-12-9-20(33)16-25(21)34)27(40-29-6-4-5-15-39-29)17-28(22)41-31(19)30(24)35/h8-9,11-14,16,18,22-23,27-29H,3-7,10,15,17H2,1-2H3/b14-13+/t18-,22-,23-,27-,28+,29?/m1/s1. The van der Waals surface area contributed by atoms with Gasteiger partial charge in [-0.25, -0.2) is 18.0 Å². The highest BCUT2D eigenvalue weighted by Gasteiger charge is 2.47. The number of carbonyl (C=O) groups is 2. The molecule has 0 N–H and O–H groups in total. The van der Waals surface area contributed by atoms with Gasteiger partial charge in [0.25, 0.3) is 0 Å². The van der Waals surface area contributed by atoms with Crippen molar-refractivity contribution in [1.82, 2.24) is 0 Å². The molecule has 0 spiro atoms. The molecular weight excluding hydrogens is 537 g/mol. The van der Waals surface area contributed by atoms with Crippen LogP contribution in [0.15, 0.2) is 42.5 Å². The Labute approximate surface area is 237 Å². The van der Waals surface area contributed by atoms with E-state index in [2.05, 4.69) is 0 Å². The van der Waals surface area contributed by atoms with Crippen LogP contribution in [0.2, 0.25) is 0 Å². The lowest BCUT2D eigenvalue weighted by atomic mass is 9.87. The van der Waals surface area contributed by atoms with Crippen LogP contribution in [0.25, 0.3) is 0 Å². The fourth-order valence-corrected chi connectivity index (χ4v) is 6.14. The van der Waals surface area contributed by atoms with Gasteiger partial charge >= 0.3 is 5.97 Å². The highest BCUT2D eigenvalue weighted by atomic mass is 19.1. The van der Waals surface area contributed by atoms with Gasteiger partial charge in [-0.05, 0) is 68.4 Å². The summed E-state index contributed by atoms with van der Waals surface area (Å²) in [6.45, 7) is 3.97. The molecule has 1 aliphatic carbocycles. The maximum absolute atomic E-state index is 15.5. The van der Waals surface area contributed by atoms with E-state index in [0.717, 1.165) is 31.4 Å². The van der Waals surface area contributed by atoms with Crippen LogP contribution >= 0.6 is 0 Å². The summed E-state index contributed by atoms with van der Waals surface area (Å²) in [5.74, 6) is -4.39. The average Bonchev–Trinajstić information content (AvgIpc) is 3.15. The van der Waals surface area contributed by atoms with E-state index in [4.69, 9.17) is 18.9 Å². The maximum Gasteiger partial charge on any atom is 0.341 e. The molecule has 2 fully saturated rings. The summed E-state index contributed by atoms with van der Waals surface area (Å²) < 4.78 is 66.7. The Hall–Kier alpha value is -3.17. The second kappa shape index (κ2) is 12.8. The van der Waals surface area contributed by atoms with Gasteiger partial charge in [-0.1, -0.05) is 25.1 Å². The number of carbonyl (C=O) groups excluding carboxylic acids is 2. The first-order valence-electron chi connectivity index (χ1n) is 14.4. The van der Waals surface area contributed by atoms with Crippen LogP contribution in [0.4, 0.5) is 13.2 Å². The Balaban J connectivity index is 1.39. The van der Waals surface area contributed by atoms with E-state index < -0.39 is 35.4 Å². The summed E-state index contributed by atoms with van der Waals surface area (Å²) in [5, 5.41) is 0. The topological polar surface area (TPSA) is 71.1 Å². The Morgan fingerprint density at radius 3 is 2.68 bits per heavy atom. The minimum absolute atomic E-state index is 0.0526. The van der Waals surface area contributed by atoms with Gasteiger partial charge in [-0.3, -0.25) is 4.79 Å². The average molecular weight is 573 g/mol. The van der Waals surface area contributed by atoms with Crippen molar-refractivity contribution in [1.29, 1.82) is 0 Å². The number of allylic oxidation sites excluding steroid dienone is 1. The van der Waals surface area contributed by atoms with Gasteiger partial charge in [-0.15, -0.1) is 0 Å². The zero-order valence-electron chi connectivity index (χ0n) is 23.2. The summed E-state index contributed by atoms with van der Waals surface area (Å²) in [5.41, 5.74) is 0.613. The first-order valence-corrected chi connectivity index (χ1v) is 14.4. The molecule has 6 atom stereocenters. The van der Waals surface area contributed by atoms with Crippen molar-refractivity contribution in [3.05, 3.63) is 76.6 Å². The fraction of sp³-hybridized carbons (Fsp3) is 0.500. The molecule has 0 amide bonds. The predicted molar refractivity (Wildman–Crippen MR) is 144 cm³/mol. The molecule has 220 valence electrons. The summed E-state index contributed by atoms with van der Waals surface area (Å²) >= 11 is 0. The predicted octanol–water partition coefficient (Wildman–Crippen LogP) is 6.45. The van der Waals surface area contributed by atoms with Crippen molar-refractivity contribution in [2.45, 2.75) is 76.8 Å². The van der Waals surface area contributed by atoms with Gasteiger partial charge in [0.15, 0.2) is 23.6 Å². The molecule has 0 aromatic heterocycles. The molecule has 41 heavy (non-hydrogen) atoms. The van der Waals surface area contributed by atoms with Crippen molar-refractivity contribution in [3.8, 4) is 5.75 Å². The van der Waals surface area contributed by atoms with Gasteiger partial charge < -0.3 is 18.9 Å². The number of esters is 1. The molecule has 9 heteroatoms. The third kappa shape index (κ3) is 6.36. The van der Waals surface area contributed by atoms with E-state index in [0.29, 0.717) is 31.4 Å². The zero-order chi connectivity index (χ0) is 29.1. The second-order valence-electron chi connectivity index (χ2n) is 10.9. The van der Waals surface area contributed by atoms with E-state index >= 15 is 4.39 Å². The highest BCUT2D eigenvalue weighted by Crippen LogP contribution is 2.45. The van der Waals surface area contributed by atoms with E-state index in [9.17, 15) is 18.4 Å². The van der Waals surface area contributed by atoms with Crippen LogP contribution in [-0.4, -0.2) is 43.5 Å². The van der Waals surface area contributed by atoms with E-state index in [1.54, 1.807) is 26.0 Å². The van der Waals surface area contributed by atoms with Gasteiger partial charge in [0.05, 0.1) is 18.3 Å². The highest BCUT2D eigenvalue weighted by molar-refractivity contribution is 5.95. The second-order valence-corrected chi connectivity index (χ2v) is 10.9.